The fourth-order valence-corrected chi connectivity index (χ4v) is 4.83. The minimum Gasteiger partial charge on any atom is -0.462 e. The van der Waals surface area contributed by atoms with Crippen LogP contribution in [0.2, 0.25) is 0 Å². The molecule has 0 atom stereocenters. The highest BCUT2D eigenvalue weighted by atomic mass is 32.1. The first kappa shape index (κ1) is 24.2. The summed E-state index contributed by atoms with van der Waals surface area (Å²) in [4.78, 5) is 41.9. The van der Waals surface area contributed by atoms with Crippen molar-refractivity contribution in [2.24, 2.45) is 0 Å². The number of benzene rings is 1. The lowest BCUT2D eigenvalue weighted by Crippen LogP contribution is -2.11. The highest BCUT2D eigenvalue weighted by Gasteiger charge is 2.27. The van der Waals surface area contributed by atoms with E-state index in [-0.39, 0.29) is 36.8 Å². The molecule has 0 bridgehead atoms. The number of hydrogen-bond acceptors (Lipinski definition) is 8. The highest BCUT2D eigenvalue weighted by Crippen LogP contribution is 2.31. The lowest BCUT2D eigenvalue weighted by atomic mass is 10.1. The molecule has 0 radical (unpaired) electrons. The molecule has 0 aliphatic carbocycles. The maximum Gasteiger partial charge on any atom is 0.355 e. The van der Waals surface area contributed by atoms with Gasteiger partial charge >= 0.3 is 17.9 Å². The third kappa shape index (κ3) is 4.69. The van der Waals surface area contributed by atoms with Gasteiger partial charge in [-0.15, -0.1) is 11.3 Å². The van der Waals surface area contributed by atoms with Crippen molar-refractivity contribution in [3.63, 3.8) is 0 Å². The van der Waals surface area contributed by atoms with Crippen LogP contribution in [0.5, 0.6) is 0 Å². The van der Waals surface area contributed by atoms with E-state index in [1.165, 1.54) is 11.3 Å². The standard InChI is InChI=1S/C25H25N3O6S/c1-5-32-24(30)20-14(3)21(25(31)33-6-2)26-18(20)13-34-23(29)19-12-17-15(4)27-28(22(17)35-19)16-10-8-7-9-11-16/h7-12,26H,5-6,13H2,1-4H3. The van der Waals surface area contributed by atoms with Gasteiger partial charge in [-0.25, -0.2) is 19.1 Å². The van der Waals surface area contributed by atoms with Gasteiger partial charge in [-0.3, -0.25) is 0 Å². The number of hydrogen-bond donors (Lipinski definition) is 1. The Hall–Kier alpha value is -3.92. The largest absolute Gasteiger partial charge is 0.462 e. The molecule has 1 N–H and O–H groups in total. The first-order chi connectivity index (χ1) is 16.8. The number of esters is 3. The van der Waals surface area contributed by atoms with Gasteiger partial charge < -0.3 is 19.2 Å². The lowest BCUT2D eigenvalue weighted by Gasteiger charge is -2.06. The van der Waals surface area contributed by atoms with Crippen molar-refractivity contribution in [1.82, 2.24) is 14.8 Å². The first-order valence-electron chi connectivity index (χ1n) is 11.1. The summed E-state index contributed by atoms with van der Waals surface area (Å²) in [7, 11) is 0. The second-order valence-corrected chi connectivity index (χ2v) is 8.69. The number of aryl methyl sites for hydroxylation is 1. The maximum atomic E-state index is 12.9. The molecule has 35 heavy (non-hydrogen) atoms. The number of nitrogens with zero attached hydrogens (tertiary/aromatic N) is 2. The fourth-order valence-electron chi connectivity index (χ4n) is 3.75. The molecule has 1 aromatic carbocycles. The number of H-pyrrole nitrogens is 1. The van der Waals surface area contributed by atoms with Gasteiger partial charge in [0.2, 0.25) is 0 Å². The summed E-state index contributed by atoms with van der Waals surface area (Å²) >= 11 is 1.27. The molecule has 4 aromatic rings. The van der Waals surface area contributed by atoms with Crippen molar-refractivity contribution < 1.29 is 28.6 Å². The molecular weight excluding hydrogens is 470 g/mol. The van der Waals surface area contributed by atoms with E-state index in [4.69, 9.17) is 14.2 Å². The van der Waals surface area contributed by atoms with Crippen LogP contribution in [0.1, 0.15) is 61.3 Å². The van der Waals surface area contributed by atoms with Crippen LogP contribution in [0.25, 0.3) is 15.9 Å². The van der Waals surface area contributed by atoms with Gasteiger partial charge in [0.1, 0.15) is 22.0 Å². The third-order valence-electron chi connectivity index (χ3n) is 5.38. The summed E-state index contributed by atoms with van der Waals surface area (Å²) in [5.41, 5.74) is 2.62. The molecule has 10 heteroatoms. The van der Waals surface area contributed by atoms with Crippen LogP contribution in [-0.2, 0) is 20.8 Å². The molecule has 0 saturated heterocycles. The zero-order valence-electron chi connectivity index (χ0n) is 19.8. The van der Waals surface area contributed by atoms with Crippen molar-refractivity contribution in [3.8, 4) is 5.69 Å². The van der Waals surface area contributed by atoms with E-state index in [2.05, 4.69) is 10.1 Å². The van der Waals surface area contributed by atoms with Crippen LogP contribution in [0, 0.1) is 13.8 Å². The minimum atomic E-state index is -0.608. The normalized spacial score (nSPS) is 11.0. The monoisotopic (exact) mass is 495 g/mol. The molecule has 182 valence electrons. The molecule has 0 aliphatic heterocycles. The Kier molecular flexibility index (Phi) is 7.02. The first-order valence-corrected chi connectivity index (χ1v) is 11.9. The number of aromatic amines is 1. The Balaban J connectivity index is 1.60. The van der Waals surface area contributed by atoms with Gasteiger partial charge in [0.15, 0.2) is 0 Å². The number of carbonyl (C=O) groups is 3. The molecule has 0 spiro atoms. The zero-order valence-corrected chi connectivity index (χ0v) is 20.7. The van der Waals surface area contributed by atoms with Crippen molar-refractivity contribution in [2.45, 2.75) is 34.3 Å². The molecule has 3 aromatic heterocycles. The number of nitrogens with one attached hydrogen (secondary N) is 1. The van der Waals surface area contributed by atoms with E-state index >= 15 is 0 Å². The van der Waals surface area contributed by atoms with Crippen LogP contribution in [0.3, 0.4) is 0 Å². The number of fused-ring (bicyclic) bond motifs is 1. The quantitative estimate of drug-likeness (QED) is 0.277. The number of ether oxygens (including phenoxy) is 3. The number of aromatic nitrogens is 3. The number of carbonyl (C=O) groups excluding carboxylic acids is 3. The average Bonchev–Trinajstić information content (AvgIpc) is 3.51. The van der Waals surface area contributed by atoms with Gasteiger partial charge in [0.05, 0.1) is 35.9 Å². The summed E-state index contributed by atoms with van der Waals surface area (Å²) in [6, 6.07) is 11.4. The van der Waals surface area contributed by atoms with Gasteiger partial charge in [-0.1, -0.05) is 18.2 Å². The van der Waals surface area contributed by atoms with Crippen molar-refractivity contribution >= 4 is 39.5 Å². The Morgan fingerprint density at radius 2 is 1.66 bits per heavy atom. The summed E-state index contributed by atoms with van der Waals surface area (Å²) in [6.07, 6.45) is 0. The van der Waals surface area contributed by atoms with Gasteiger partial charge in [0, 0.05) is 5.39 Å². The Labute approximate surface area is 205 Å². The van der Waals surface area contributed by atoms with Crippen LogP contribution >= 0.6 is 11.3 Å². The Morgan fingerprint density at radius 1 is 0.971 bits per heavy atom. The predicted molar refractivity (Wildman–Crippen MR) is 130 cm³/mol. The van der Waals surface area contributed by atoms with Gasteiger partial charge in [-0.2, -0.15) is 5.10 Å². The summed E-state index contributed by atoms with van der Waals surface area (Å²) in [6.45, 7) is 6.98. The third-order valence-corrected chi connectivity index (χ3v) is 6.47. The van der Waals surface area contributed by atoms with E-state index in [9.17, 15) is 14.4 Å². The number of para-hydroxylation sites is 1. The molecule has 0 fully saturated rings. The van der Waals surface area contributed by atoms with Crippen LogP contribution in [0.4, 0.5) is 0 Å². The number of rotatable bonds is 8. The Morgan fingerprint density at radius 3 is 2.34 bits per heavy atom. The van der Waals surface area contributed by atoms with E-state index < -0.39 is 17.9 Å². The van der Waals surface area contributed by atoms with Crippen molar-refractivity contribution in [1.29, 1.82) is 0 Å². The van der Waals surface area contributed by atoms with Gasteiger partial charge in [0.25, 0.3) is 0 Å². The van der Waals surface area contributed by atoms with Gasteiger partial charge in [-0.05, 0) is 51.5 Å². The molecule has 0 unspecified atom stereocenters. The maximum absolute atomic E-state index is 12.9. The number of thiophene rings is 1. The topological polar surface area (TPSA) is 113 Å². The van der Waals surface area contributed by atoms with Crippen LogP contribution in [0.15, 0.2) is 36.4 Å². The molecule has 0 aliphatic rings. The molecule has 3 heterocycles. The van der Waals surface area contributed by atoms with Crippen molar-refractivity contribution in [2.75, 3.05) is 13.2 Å². The molecule has 4 rings (SSSR count). The molecular formula is C25H25N3O6S. The SMILES string of the molecule is CCOC(=O)c1[nH]c(COC(=O)c2cc3c(C)nn(-c4ccccc4)c3s2)c(C(=O)OCC)c1C. The second-order valence-electron chi connectivity index (χ2n) is 7.66. The zero-order chi connectivity index (χ0) is 25.1. The molecule has 0 saturated carbocycles. The summed E-state index contributed by atoms with van der Waals surface area (Å²) in [5, 5.41) is 5.44. The lowest BCUT2D eigenvalue weighted by molar-refractivity contribution is 0.0450. The molecule has 0 amide bonds. The average molecular weight is 496 g/mol. The smallest absolute Gasteiger partial charge is 0.355 e. The molecule has 9 nitrogen and oxygen atoms in total. The Bertz CT molecular complexity index is 1400. The van der Waals surface area contributed by atoms with E-state index in [1.54, 1.807) is 31.5 Å². The summed E-state index contributed by atoms with van der Waals surface area (Å²) in [5.74, 6) is -1.76. The predicted octanol–water partition coefficient (Wildman–Crippen LogP) is 4.74. The van der Waals surface area contributed by atoms with Crippen LogP contribution < -0.4 is 0 Å². The van der Waals surface area contributed by atoms with E-state index in [1.807, 2.05) is 37.3 Å². The minimum absolute atomic E-state index is 0.126. The summed E-state index contributed by atoms with van der Waals surface area (Å²) < 4.78 is 17.5. The second kappa shape index (κ2) is 10.1. The van der Waals surface area contributed by atoms with Crippen LogP contribution in [-0.4, -0.2) is 45.9 Å². The van der Waals surface area contributed by atoms with Crippen molar-refractivity contribution in [3.05, 3.63) is 69.5 Å². The fraction of sp³-hybridized carbons (Fsp3) is 0.280. The van der Waals surface area contributed by atoms with E-state index in [0.717, 1.165) is 21.6 Å². The highest BCUT2D eigenvalue weighted by molar-refractivity contribution is 7.20. The van der Waals surface area contributed by atoms with E-state index in [0.29, 0.717) is 10.4 Å².